The summed E-state index contributed by atoms with van der Waals surface area (Å²) in [6.07, 6.45) is 6.85. The van der Waals surface area contributed by atoms with Crippen LogP contribution in [0.3, 0.4) is 0 Å². The second-order valence-corrected chi connectivity index (χ2v) is 5.95. The highest BCUT2D eigenvalue weighted by Crippen LogP contribution is 2.23. The van der Waals surface area contributed by atoms with Gasteiger partial charge in [-0.15, -0.1) is 0 Å². The van der Waals surface area contributed by atoms with Gasteiger partial charge in [0.15, 0.2) is 0 Å². The second-order valence-electron chi connectivity index (χ2n) is 5.95. The highest BCUT2D eigenvalue weighted by molar-refractivity contribution is 5.14. The Morgan fingerprint density at radius 2 is 1.95 bits per heavy atom. The van der Waals surface area contributed by atoms with Crippen LogP contribution in [0.2, 0.25) is 0 Å². The second kappa shape index (κ2) is 7.66. The normalized spacial score (nSPS) is 25.2. The van der Waals surface area contributed by atoms with E-state index in [9.17, 15) is 5.11 Å². The zero-order chi connectivity index (χ0) is 13.5. The summed E-state index contributed by atoms with van der Waals surface area (Å²) >= 11 is 0. The van der Waals surface area contributed by atoms with Crippen molar-refractivity contribution in [2.24, 2.45) is 5.92 Å². The van der Waals surface area contributed by atoms with Gasteiger partial charge in [0.1, 0.15) is 0 Å². The van der Waals surface area contributed by atoms with Crippen LogP contribution >= 0.6 is 0 Å². The van der Waals surface area contributed by atoms with Crippen LogP contribution in [0.25, 0.3) is 0 Å². The van der Waals surface area contributed by atoms with E-state index in [0.717, 1.165) is 25.8 Å². The lowest BCUT2D eigenvalue weighted by molar-refractivity contribution is 0.0683. The number of benzene rings is 1. The molecule has 0 amide bonds. The van der Waals surface area contributed by atoms with Crippen molar-refractivity contribution in [3.8, 4) is 0 Å². The molecule has 2 heteroatoms. The maximum absolute atomic E-state index is 9.95. The van der Waals surface area contributed by atoms with Gasteiger partial charge in [0.25, 0.3) is 0 Å². The van der Waals surface area contributed by atoms with E-state index in [4.69, 9.17) is 0 Å². The van der Waals surface area contributed by atoms with Gasteiger partial charge >= 0.3 is 0 Å². The maximum Gasteiger partial charge on any atom is 0.0580 e. The Bertz CT molecular complexity index is 352. The van der Waals surface area contributed by atoms with Crippen molar-refractivity contribution in [3.63, 3.8) is 0 Å². The maximum atomic E-state index is 9.95. The summed E-state index contributed by atoms with van der Waals surface area (Å²) in [6, 6.07) is 11.2. The predicted molar refractivity (Wildman–Crippen MR) is 80.2 cm³/mol. The van der Waals surface area contributed by atoms with E-state index in [0.29, 0.717) is 12.0 Å². The molecule has 3 atom stereocenters. The fraction of sp³-hybridized carbons (Fsp3) is 0.647. The molecule has 0 heterocycles. The average Bonchev–Trinajstić information content (AvgIpc) is 2.45. The molecule has 0 radical (unpaired) electrons. The van der Waals surface area contributed by atoms with Gasteiger partial charge in [-0.1, -0.05) is 43.2 Å². The number of aliphatic hydroxyl groups is 1. The molecule has 2 nitrogen and oxygen atoms in total. The number of aliphatic hydroxyl groups excluding tert-OH is 1. The third-order valence-electron chi connectivity index (χ3n) is 4.31. The molecule has 1 aliphatic carbocycles. The van der Waals surface area contributed by atoms with Crippen molar-refractivity contribution in [2.45, 2.75) is 57.6 Å². The summed E-state index contributed by atoms with van der Waals surface area (Å²) in [4.78, 5) is 0. The molecule has 1 aromatic carbocycles. The van der Waals surface area contributed by atoms with Gasteiger partial charge in [-0.3, -0.25) is 0 Å². The molecule has 106 valence electrons. The lowest BCUT2D eigenvalue weighted by Crippen LogP contribution is -2.37. The Hall–Kier alpha value is -0.860. The van der Waals surface area contributed by atoms with E-state index in [1.807, 2.05) is 0 Å². The van der Waals surface area contributed by atoms with Gasteiger partial charge in [0, 0.05) is 12.6 Å². The molecule has 1 fully saturated rings. The first-order valence-electron chi connectivity index (χ1n) is 7.71. The smallest absolute Gasteiger partial charge is 0.0580 e. The fourth-order valence-electron chi connectivity index (χ4n) is 2.91. The first kappa shape index (κ1) is 14.5. The van der Waals surface area contributed by atoms with Crippen LogP contribution in [-0.4, -0.2) is 23.8 Å². The minimum Gasteiger partial charge on any atom is -0.393 e. The van der Waals surface area contributed by atoms with Gasteiger partial charge in [-0.05, 0) is 44.1 Å². The molecule has 1 aliphatic rings. The zero-order valence-electron chi connectivity index (χ0n) is 12.0. The van der Waals surface area contributed by atoms with Crippen LogP contribution < -0.4 is 5.32 Å². The van der Waals surface area contributed by atoms with Gasteiger partial charge in [0.05, 0.1) is 6.10 Å². The summed E-state index contributed by atoms with van der Waals surface area (Å²) in [7, 11) is 0. The van der Waals surface area contributed by atoms with E-state index >= 15 is 0 Å². The SMILES string of the molecule is CC(CCc1ccccc1)NCC1CCCCC1O. The number of rotatable bonds is 6. The molecule has 19 heavy (non-hydrogen) atoms. The Morgan fingerprint density at radius 1 is 1.21 bits per heavy atom. The molecule has 0 aliphatic heterocycles. The Morgan fingerprint density at radius 3 is 2.68 bits per heavy atom. The topological polar surface area (TPSA) is 32.3 Å². The Labute approximate surface area is 117 Å². The largest absolute Gasteiger partial charge is 0.393 e. The minimum atomic E-state index is -0.0810. The van der Waals surface area contributed by atoms with E-state index in [1.54, 1.807) is 0 Å². The molecular weight excluding hydrogens is 234 g/mol. The molecular formula is C17H27NO. The van der Waals surface area contributed by atoms with Crippen LogP contribution in [0.5, 0.6) is 0 Å². The average molecular weight is 261 g/mol. The zero-order valence-corrected chi connectivity index (χ0v) is 12.0. The summed E-state index contributed by atoms with van der Waals surface area (Å²) in [6.45, 7) is 3.22. The van der Waals surface area contributed by atoms with Crippen molar-refractivity contribution in [2.75, 3.05) is 6.54 Å². The van der Waals surface area contributed by atoms with Gasteiger partial charge in [-0.25, -0.2) is 0 Å². The van der Waals surface area contributed by atoms with E-state index in [1.165, 1.54) is 24.8 Å². The quantitative estimate of drug-likeness (QED) is 0.824. The van der Waals surface area contributed by atoms with Crippen LogP contribution in [0.4, 0.5) is 0 Å². The van der Waals surface area contributed by atoms with Crippen molar-refractivity contribution in [3.05, 3.63) is 35.9 Å². The fourth-order valence-corrected chi connectivity index (χ4v) is 2.91. The van der Waals surface area contributed by atoms with Crippen LogP contribution in [0, 0.1) is 5.92 Å². The molecule has 1 saturated carbocycles. The van der Waals surface area contributed by atoms with Crippen molar-refractivity contribution in [1.29, 1.82) is 0 Å². The molecule has 2 N–H and O–H groups in total. The summed E-state index contributed by atoms with van der Waals surface area (Å²) in [5.74, 6) is 0.466. The number of aryl methyl sites for hydroxylation is 1. The van der Waals surface area contributed by atoms with Crippen molar-refractivity contribution < 1.29 is 5.11 Å². The summed E-state index contributed by atoms with van der Waals surface area (Å²) in [5.41, 5.74) is 1.41. The molecule has 0 spiro atoms. The van der Waals surface area contributed by atoms with Crippen molar-refractivity contribution >= 4 is 0 Å². The van der Waals surface area contributed by atoms with E-state index < -0.39 is 0 Å². The number of nitrogens with one attached hydrogen (secondary N) is 1. The lowest BCUT2D eigenvalue weighted by Gasteiger charge is -2.29. The highest BCUT2D eigenvalue weighted by Gasteiger charge is 2.22. The third kappa shape index (κ3) is 4.96. The van der Waals surface area contributed by atoms with E-state index in [-0.39, 0.29) is 6.10 Å². The van der Waals surface area contributed by atoms with Gasteiger partial charge in [0.2, 0.25) is 0 Å². The van der Waals surface area contributed by atoms with Crippen LogP contribution in [-0.2, 0) is 6.42 Å². The molecule has 2 rings (SSSR count). The van der Waals surface area contributed by atoms with Crippen LogP contribution in [0.1, 0.15) is 44.6 Å². The molecule has 1 aromatic rings. The molecule has 0 saturated heterocycles. The Kier molecular flexibility index (Phi) is 5.87. The number of hydrogen-bond donors (Lipinski definition) is 2. The highest BCUT2D eigenvalue weighted by atomic mass is 16.3. The minimum absolute atomic E-state index is 0.0810. The van der Waals surface area contributed by atoms with Gasteiger partial charge in [-0.2, -0.15) is 0 Å². The first-order chi connectivity index (χ1) is 9.25. The summed E-state index contributed by atoms with van der Waals surface area (Å²) in [5, 5.41) is 13.5. The van der Waals surface area contributed by atoms with E-state index in [2.05, 4.69) is 42.6 Å². The van der Waals surface area contributed by atoms with Gasteiger partial charge < -0.3 is 10.4 Å². The standard InChI is InChI=1S/C17H27NO/c1-14(11-12-15-7-3-2-4-8-15)18-13-16-9-5-6-10-17(16)19/h2-4,7-8,14,16-19H,5-6,9-13H2,1H3. The molecule has 0 bridgehead atoms. The molecule has 3 unspecified atom stereocenters. The third-order valence-corrected chi connectivity index (χ3v) is 4.31. The molecule has 0 aromatic heterocycles. The monoisotopic (exact) mass is 261 g/mol. The van der Waals surface area contributed by atoms with Crippen molar-refractivity contribution in [1.82, 2.24) is 5.32 Å². The predicted octanol–water partition coefficient (Wildman–Crippen LogP) is 3.15. The summed E-state index contributed by atoms with van der Waals surface area (Å²) < 4.78 is 0. The lowest BCUT2D eigenvalue weighted by atomic mass is 9.86. The Balaban J connectivity index is 1.65. The van der Waals surface area contributed by atoms with Crippen LogP contribution in [0.15, 0.2) is 30.3 Å². The number of hydrogen-bond acceptors (Lipinski definition) is 2. The first-order valence-corrected chi connectivity index (χ1v) is 7.71.